The van der Waals surface area contributed by atoms with E-state index in [9.17, 15) is 9.59 Å². The van der Waals surface area contributed by atoms with Crippen LogP contribution in [0.15, 0.2) is 0 Å². The zero-order valence-corrected chi connectivity index (χ0v) is 9.44. The molecule has 2 unspecified atom stereocenters. The Bertz CT molecular complexity index is 264. The van der Waals surface area contributed by atoms with Crippen LogP contribution in [-0.4, -0.2) is 35.9 Å². The fraction of sp³-hybridized carbons (Fsp3) is 0.800. The first-order valence-corrected chi connectivity index (χ1v) is 6.46. The van der Waals surface area contributed by atoms with Crippen molar-refractivity contribution in [1.29, 1.82) is 0 Å². The van der Waals surface area contributed by atoms with Crippen molar-refractivity contribution in [3.63, 3.8) is 0 Å². The standard InChI is InChI=1S/C10H16N2O2S/c13-9-4-7(5-11-9)10(14)12-6-8-2-1-3-15-8/h7-8H,1-6H2,(H,11,13)(H,12,14). The molecule has 2 atom stereocenters. The van der Waals surface area contributed by atoms with Gasteiger partial charge in [-0.1, -0.05) is 0 Å². The number of carbonyl (C=O) groups excluding carboxylic acids is 2. The van der Waals surface area contributed by atoms with Crippen LogP contribution in [0.4, 0.5) is 0 Å². The molecule has 0 aliphatic carbocycles. The second kappa shape index (κ2) is 4.88. The molecule has 2 aliphatic rings. The van der Waals surface area contributed by atoms with E-state index in [2.05, 4.69) is 10.6 Å². The Labute approximate surface area is 93.6 Å². The Morgan fingerprint density at radius 3 is 3.07 bits per heavy atom. The second-order valence-electron chi connectivity index (χ2n) is 4.09. The molecule has 4 nitrogen and oxygen atoms in total. The van der Waals surface area contributed by atoms with Crippen molar-refractivity contribution in [1.82, 2.24) is 10.6 Å². The quantitative estimate of drug-likeness (QED) is 0.722. The van der Waals surface area contributed by atoms with Gasteiger partial charge in [0.1, 0.15) is 0 Å². The highest BCUT2D eigenvalue weighted by atomic mass is 32.2. The summed E-state index contributed by atoms with van der Waals surface area (Å²) >= 11 is 1.93. The lowest BCUT2D eigenvalue weighted by molar-refractivity contribution is -0.126. The zero-order valence-electron chi connectivity index (χ0n) is 8.62. The van der Waals surface area contributed by atoms with E-state index in [0.717, 1.165) is 6.54 Å². The SMILES string of the molecule is O=C1CC(C(=O)NCC2CCCS2)CN1. The van der Waals surface area contributed by atoms with E-state index in [1.54, 1.807) is 0 Å². The lowest BCUT2D eigenvalue weighted by Gasteiger charge is -2.12. The maximum Gasteiger partial charge on any atom is 0.225 e. The smallest absolute Gasteiger partial charge is 0.225 e. The lowest BCUT2D eigenvalue weighted by atomic mass is 10.1. The Morgan fingerprint density at radius 2 is 2.47 bits per heavy atom. The van der Waals surface area contributed by atoms with E-state index in [0.29, 0.717) is 18.2 Å². The van der Waals surface area contributed by atoms with Gasteiger partial charge in [0.2, 0.25) is 11.8 Å². The van der Waals surface area contributed by atoms with E-state index >= 15 is 0 Å². The second-order valence-corrected chi connectivity index (χ2v) is 5.49. The normalized spacial score (nSPS) is 30.3. The third-order valence-corrected chi connectivity index (χ3v) is 4.27. The minimum Gasteiger partial charge on any atom is -0.355 e. The first-order valence-electron chi connectivity index (χ1n) is 5.41. The van der Waals surface area contributed by atoms with Crippen LogP contribution in [0.3, 0.4) is 0 Å². The summed E-state index contributed by atoms with van der Waals surface area (Å²) < 4.78 is 0. The maximum absolute atomic E-state index is 11.6. The van der Waals surface area contributed by atoms with E-state index in [4.69, 9.17) is 0 Å². The third kappa shape index (κ3) is 2.87. The van der Waals surface area contributed by atoms with Gasteiger partial charge in [-0.05, 0) is 18.6 Å². The average Bonchev–Trinajstić information content (AvgIpc) is 2.84. The largest absolute Gasteiger partial charge is 0.355 e. The highest BCUT2D eigenvalue weighted by Gasteiger charge is 2.28. The molecule has 0 radical (unpaired) electrons. The van der Waals surface area contributed by atoms with Gasteiger partial charge in [-0.25, -0.2) is 0 Å². The molecular formula is C10H16N2O2S. The highest BCUT2D eigenvalue weighted by molar-refractivity contribution is 8.00. The van der Waals surface area contributed by atoms with E-state index in [1.165, 1.54) is 18.6 Å². The number of amides is 2. The monoisotopic (exact) mass is 228 g/mol. The molecule has 0 bridgehead atoms. The summed E-state index contributed by atoms with van der Waals surface area (Å²) in [6, 6.07) is 0. The molecule has 15 heavy (non-hydrogen) atoms. The summed E-state index contributed by atoms with van der Waals surface area (Å²) in [7, 11) is 0. The van der Waals surface area contributed by atoms with Gasteiger partial charge >= 0.3 is 0 Å². The molecular weight excluding hydrogens is 212 g/mol. The molecule has 2 saturated heterocycles. The van der Waals surface area contributed by atoms with Gasteiger partial charge in [0.15, 0.2) is 0 Å². The van der Waals surface area contributed by atoms with Crippen LogP contribution in [0, 0.1) is 5.92 Å². The summed E-state index contributed by atoms with van der Waals surface area (Å²) in [6.45, 7) is 1.26. The van der Waals surface area contributed by atoms with Gasteiger partial charge in [0, 0.05) is 24.8 Å². The summed E-state index contributed by atoms with van der Waals surface area (Å²) in [6.07, 6.45) is 2.81. The van der Waals surface area contributed by atoms with Crippen LogP contribution < -0.4 is 10.6 Å². The Hall–Kier alpha value is -0.710. The molecule has 2 amide bonds. The van der Waals surface area contributed by atoms with Crippen LogP contribution >= 0.6 is 11.8 Å². The molecule has 2 heterocycles. The number of hydrogen-bond donors (Lipinski definition) is 2. The molecule has 2 aliphatic heterocycles. The highest BCUT2D eigenvalue weighted by Crippen LogP contribution is 2.25. The van der Waals surface area contributed by atoms with Gasteiger partial charge < -0.3 is 10.6 Å². The van der Waals surface area contributed by atoms with Gasteiger partial charge in [0.25, 0.3) is 0 Å². The number of rotatable bonds is 3. The summed E-state index contributed by atoms with van der Waals surface area (Å²) in [4.78, 5) is 22.6. The Morgan fingerprint density at radius 1 is 1.60 bits per heavy atom. The first-order chi connectivity index (χ1) is 7.25. The molecule has 0 aromatic heterocycles. The van der Waals surface area contributed by atoms with Crippen molar-refractivity contribution in [3.05, 3.63) is 0 Å². The number of hydrogen-bond acceptors (Lipinski definition) is 3. The zero-order chi connectivity index (χ0) is 10.7. The van der Waals surface area contributed by atoms with E-state index in [-0.39, 0.29) is 17.7 Å². The molecule has 2 fully saturated rings. The fourth-order valence-corrected chi connectivity index (χ4v) is 3.16. The first kappa shape index (κ1) is 10.8. The van der Waals surface area contributed by atoms with Crippen molar-refractivity contribution in [2.45, 2.75) is 24.5 Å². The van der Waals surface area contributed by atoms with Gasteiger partial charge in [-0.15, -0.1) is 0 Å². The minimum atomic E-state index is -0.149. The van der Waals surface area contributed by atoms with Crippen LogP contribution in [-0.2, 0) is 9.59 Å². The van der Waals surface area contributed by atoms with Crippen molar-refractivity contribution >= 4 is 23.6 Å². The number of carbonyl (C=O) groups is 2. The van der Waals surface area contributed by atoms with Crippen molar-refractivity contribution < 1.29 is 9.59 Å². The lowest BCUT2D eigenvalue weighted by Crippen LogP contribution is -2.35. The molecule has 84 valence electrons. The number of thioether (sulfide) groups is 1. The fourth-order valence-electron chi connectivity index (χ4n) is 1.95. The topological polar surface area (TPSA) is 58.2 Å². The molecule has 2 N–H and O–H groups in total. The molecule has 0 aromatic rings. The molecule has 5 heteroatoms. The van der Waals surface area contributed by atoms with Crippen molar-refractivity contribution in [3.8, 4) is 0 Å². The maximum atomic E-state index is 11.6. The van der Waals surface area contributed by atoms with E-state index < -0.39 is 0 Å². The average molecular weight is 228 g/mol. The molecule has 2 rings (SSSR count). The summed E-state index contributed by atoms with van der Waals surface area (Å²) in [5, 5.41) is 6.19. The van der Waals surface area contributed by atoms with Gasteiger partial charge in [-0.2, -0.15) is 11.8 Å². The summed E-state index contributed by atoms with van der Waals surface area (Å²) in [5.41, 5.74) is 0. The molecule has 0 saturated carbocycles. The Balaban J connectivity index is 1.70. The molecule has 0 spiro atoms. The van der Waals surface area contributed by atoms with E-state index in [1.807, 2.05) is 11.8 Å². The predicted octanol–water partition coefficient (Wildman–Crippen LogP) is 0.134. The Kier molecular flexibility index (Phi) is 3.51. The van der Waals surface area contributed by atoms with Gasteiger partial charge in [-0.3, -0.25) is 9.59 Å². The van der Waals surface area contributed by atoms with Crippen LogP contribution in [0.1, 0.15) is 19.3 Å². The van der Waals surface area contributed by atoms with Crippen LogP contribution in [0.25, 0.3) is 0 Å². The number of nitrogens with one attached hydrogen (secondary N) is 2. The minimum absolute atomic E-state index is 0.00890. The van der Waals surface area contributed by atoms with Crippen LogP contribution in [0.5, 0.6) is 0 Å². The van der Waals surface area contributed by atoms with Crippen LogP contribution in [0.2, 0.25) is 0 Å². The van der Waals surface area contributed by atoms with Crippen molar-refractivity contribution in [2.24, 2.45) is 5.92 Å². The third-order valence-electron chi connectivity index (χ3n) is 2.88. The predicted molar refractivity (Wildman–Crippen MR) is 59.6 cm³/mol. The molecule has 0 aromatic carbocycles. The summed E-state index contributed by atoms with van der Waals surface area (Å²) in [5.74, 6) is 1.08. The van der Waals surface area contributed by atoms with Gasteiger partial charge in [0.05, 0.1) is 5.92 Å². The van der Waals surface area contributed by atoms with Crippen molar-refractivity contribution in [2.75, 3.05) is 18.8 Å².